The quantitative estimate of drug-likeness (QED) is 0.896. The number of nitrogens with one attached hydrogen (secondary N) is 2. The van der Waals surface area contributed by atoms with Crippen molar-refractivity contribution in [3.8, 4) is 5.75 Å². The van der Waals surface area contributed by atoms with Crippen LogP contribution in [0.2, 0.25) is 0 Å². The average molecular weight is 338 g/mol. The van der Waals surface area contributed by atoms with Crippen LogP contribution < -0.4 is 10.1 Å². The molecule has 2 N–H and O–H groups in total. The number of aryl methyl sites for hydroxylation is 1. The molecule has 0 aliphatic carbocycles. The van der Waals surface area contributed by atoms with E-state index in [4.69, 9.17) is 4.74 Å². The van der Waals surface area contributed by atoms with Crippen molar-refractivity contribution in [3.63, 3.8) is 0 Å². The van der Waals surface area contributed by atoms with Gasteiger partial charge in [0.25, 0.3) is 5.91 Å². The number of carbonyl (C=O) groups excluding carboxylic acids is 1. The number of rotatable bonds is 4. The Balaban J connectivity index is 2.14. The Kier molecular flexibility index (Phi) is 4.44. The maximum Gasteiger partial charge on any atom is 0.274 e. The van der Waals surface area contributed by atoms with Crippen molar-refractivity contribution < 1.29 is 9.53 Å². The van der Waals surface area contributed by atoms with Crippen molar-refractivity contribution in [2.24, 2.45) is 0 Å². The maximum absolute atomic E-state index is 12.1. The van der Waals surface area contributed by atoms with Gasteiger partial charge in [-0.1, -0.05) is 0 Å². The molecule has 5 nitrogen and oxygen atoms in total. The van der Waals surface area contributed by atoms with Gasteiger partial charge in [-0.05, 0) is 60.5 Å². The van der Waals surface area contributed by atoms with E-state index in [-0.39, 0.29) is 12.0 Å². The second kappa shape index (κ2) is 6.09. The molecule has 0 saturated carbocycles. The van der Waals surface area contributed by atoms with Crippen LogP contribution in [0.1, 0.15) is 29.9 Å². The molecule has 0 saturated heterocycles. The number of amides is 1. The van der Waals surface area contributed by atoms with E-state index < -0.39 is 0 Å². The molecule has 0 aliphatic heterocycles. The number of aromatic amines is 1. The minimum Gasteiger partial charge on any atom is -0.491 e. The summed E-state index contributed by atoms with van der Waals surface area (Å²) in [6, 6.07) is 5.57. The molecular weight excluding hydrogens is 322 g/mol. The second-order valence-corrected chi connectivity index (χ2v) is 5.54. The first-order chi connectivity index (χ1) is 9.47. The van der Waals surface area contributed by atoms with Crippen LogP contribution in [-0.4, -0.2) is 22.2 Å². The van der Waals surface area contributed by atoms with E-state index in [9.17, 15) is 4.79 Å². The number of hydrogen-bond acceptors (Lipinski definition) is 3. The molecule has 0 aliphatic rings. The minimum absolute atomic E-state index is 0.121. The summed E-state index contributed by atoms with van der Waals surface area (Å²) >= 11 is 3.26. The number of ether oxygens (including phenoxy) is 1. The number of halogens is 1. The first-order valence-electron chi connectivity index (χ1n) is 6.25. The van der Waals surface area contributed by atoms with Crippen LogP contribution in [0, 0.1) is 6.92 Å². The molecule has 2 rings (SSSR count). The lowest BCUT2D eigenvalue weighted by atomic mass is 10.2. The van der Waals surface area contributed by atoms with Crippen LogP contribution >= 0.6 is 15.9 Å². The van der Waals surface area contributed by atoms with Gasteiger partial charge >= 0.3 is 0 Å². The molecule has 0 unspecified atom stereocenters. The van der Waals surface area contributed by atoms with Crippen molar-refractivity contribution in [1.82, 2.24) is 10.2 Å². The van der Waals surface area contributed by atoms with Crippen LogP contribution in [-0.2, 0) is 0 Å². The van der Waals surface area contributed by atoms with Gasteiger partial charge in [0.1, 0.15) is 11.4 Å². The van der Waals surface area contributed by atoms with E-state index in [0.717, 1.165) is 17.0 Å². The third-order valence-electron chi connectivity index (χ3n) is 2.64. The highest BCUT2D eigenvalue weighted by Gasteiger charge is 2.13. The first-order valence-corrected chi connectivity index (χ1v) is 7.04. The third kappa shape index (κ3) is 3.39. The van der Waals surface area contributed by atoms with E-state index in [1.165, 1.54) is 0 Å². The number of aromatic nitrogens is 2. The molecular formula is C14H16BrN3O2. The Hall–Kier alpha value is -1.82. The van der Waals surface area contributed by atoms with Crippen molar-refractivity contribution in [2.45, 2.75) is 26.9 Å². The molecule has 0 bridgehead atoms. The molecule has 0 spiro atoms. The molecule has 106 valence electrons. The molecule has 1 aromatic carbocycles. The Morgan fingerprint density at radius 1 is 1.45 bits per heavy atom. The molecule has 1 amide bonds. The van der Waals surface area contributed by atoms with Gasteiger partial charge in [-0.15, -0.1) is 0 Å². The summed E-state index contributed by atoms with van der Waals surface area (Å²) in [7, 11) is 0. The zero-order valence-corrected chi connectivity index (χ0v) is 13.1. The summed E-state index contributed by atoms with van der Waals surface area (Å²) in [6.45, 7) is 5.87. The summed E-state index contributed by atoms with van der Waals surface area (Å²) in [5.74, 6) is 0.549. The Labute approximate surface area is 125 Å². The topological polar surface area (TPSA) is 67.0 Å². The van der Waals surface area contributed by atoms with Crippen molar-refractivity contribution in [1.29, 1.82) is 0 Å². The van der Waals surface area contributed by atoms with Crippen LogP contribution in [0.5, 0.6) is 5.75 Å². The van der Waals surface area contributed by atoms with E-state index in [1.54, 1.807) is 6.20 Å². The van der Waals surface area contributed by atoms with Gasteiger partial charge in [-0.25, -0.2) is 0 Å². The SMILES string of the molecule is Cc1cc(OC(C)C)ccc1NC(=O)c1[nH]ncc1Br. The third-order valence-corrected chi connectivity index (χ3v) is 3.24. The smallest absolute Gasteiger partial charge is 0.274 e. The van der Waals surface area contributed by atoms with Gasteiger partial charge in [-0.3, -0.25) is 9.89 Å². The van der Waals surface area contributed by atoms with Crippen molar-refractivity contribution in [3.05, 3.63) is 40.1 Å². The number of nitrogens with zero attached hydrogens (tertiary/aromatic N) is 1. The number of benzene rings is 1. The van der Waals surface area contributed by atoms with Gasteiger partial charge < -0.3 is 10.1 Å². The molecule has 1 aromatic heterocycles. The lowest BCUT2D eigenvalue weighted by molar-refractivity contribution is 0.102. The summed E-state index contributed by atoms with van der Waals surface area (Å²) in [6.07, 6.45) is 1.66. The van der Waals surface area contributed by atoms with Gasteiger partial charge in [0, 0.05) is 5.69 Å². The molecule has 0 radical (unpaired) electrons. The van der Waals surface area contributed by atoms with Crippen LogP contribution in [0.25, 0.3) is 0 Å². The highest BCUT2D eigenvalue weighted by molar-refractivity contribution is 9.10. The number of H-pyrrole nitrogens is 1. The summed E-state index contributed by atoms with van der Waals surface area (Å²) in [5, 5.41) is 9.29. The molecule has 20 heavy (non-hydrogen) atoms. The van der Waals surface area contributed by atoms with Gasteiger partial charge in [-0.2, -0.15) is 5.10 Å². The lowest BCUT2D eigenvalue weighted by Gasteiger charge is -2.13. The maximum atomic E-state index is 12.1. The molecule has 0 fully saturated rings. The predicted molar refractivity (Wildman–Crippen MR) is 81.2 cm³/mol. The van der Waals surface area contributed by atoms with Gasteiger partial charge in [0.2, 0.25) is 0 Å². The number of carbonyl (C=O) groups is 1. The largest absolute Gasteiger partial charge is 0.491 e. The Bertz CT molecular complexity index is 623. The highest BCUT2D eigenvalue weighted by atomic mass is 79.9. The number of anilines is 1. The average Bonchev–Trinajstić information content (AvgIpc) is 2.78. The highest BCUT2D eigenvalue weighted by Crippen LogP contribution is 2.23. The van der Waals surface area contributed by atoms with E-state index in [0.29, 0.717) is 10.2 Å². The van der Waals surface area contributed by atoms with Crippen LogP contribution in [0.15, 0.2) is 28.9 Å². The first kappa shape index (κ1) is 14.6. The second-order valence-electron chi connectivity index (χ2n) is 4.69. The molecule has 1 heterocycles. The normalized spacial score (nSPS) is 10.7. The van der Waals surface area contributed by atoms with Crippen molar-refractivity contribution >= 4 is 27.5 Å². The van der Waals surface area contributed by atoms with E-state index in [2.05, 4.69) is 31.4 Å². The minimum atomic E-state index is -0.241. The predicted octanol–water partition coefficient (Wildman–Crippen LogP) is 3.52. The lowest BCUT2D eigenvalue weighted by Crippen LogP contribution is -2.14. The standard InChI is InChI=1S/C14H16BrN3O2/c1-8(2)20-10-4-5-12(9(3)6-10)17-14(19)13-11(15)7-16-18-13/h4-8H,1-3H3,(H,16,18)(H,17,19). The Morgan fingerprint density at radius 3 is 2.75 bits per heavy atom. The van der Waals surface area contributed by atoms with Gasteiger partial charge in [0.15, 0.2) is 0 Å². The van der Waals surface area contributed by atoms with Crippen LogP contribution in [0.3, 0.4) is 0 Å². The van der Waals surface area contributed by atoms with Gasteiger partial charge in [0.05, 0.1) is 16.8 Å². The summed E-state index contributed by atoms with van der Waals surface area (Å²) in [4.78, 5) is 12.1. The Morgan fingerprint density at radius 2 is 2.20 bits per heavy atom. The van der Waals surface area contributed by atoms with Crippen molar-refractivity contribution in [2.75, 3.05) is 5.32 Å². The fraction of sp³-hybridized carbons (Fsp3) is 0.286. The number of hydrogen-bond donors (Lipinski definition) is 2. The summed E-state index contributed by atoms with van der Waals surface area (Å²) in [5.41, 5.74) is 2.08. The zero-order chi connectivity index (χ0) is 14.7. The molecule has 0 atom stereocenters. The van der Waals surface area contributed by atoms with E-state index >= 15 is 0 Å². The van der Waals surface area contributed by atoms with E-state index in [1.807, 2.05) is 39.0 Å². The fourth-order valence-electron chi connectivity index (χ4n) is 1.74. The van der Waals surface area contributed by atoms with Crippen LogP contribution in [0.4, 0.5) is 5.69 Å². The fourth-order valence-corrected chi connectivity index (χ4v) is 2.11. The molecule has 6 heteroatoms. The summed E-state index contributed by atoms with van der Waals surface area (Å²) < 4.78 is 6.24. The molecule has 2 aromatic rings. The zero-order valence-electron chi connectivity index (χ0n) is 11.5. The monoisotopic (exact) mass is 337 g/mol.